The highest BCUT2D eigenvalue weighted by atomic mass is 32.2. The summed E-state index contributed by atoms with van der Waals surface area (Å²) in [5.74, 6) is 1.22. The Balaban J connectivity index is 1.42. The van der Waals surface area contributed by atoms with Crippen LogP contribution in [0.2, 0.25) is 0 Å². The third kappa shape index (κ3) is 3.78. The molecule has 7 heteroatoms. The fraction of sp³-hybridized carbons (Fsp3) is 0.111. The van der Waals surface area contributed by atoms with Gasteiger partial charge in [-0.2, -0.15) is 0 Å². The van der Waals surface area contributed by atoms with Gasteiger partial charge in [-0.3, -0.25) is 4.98 Å². The van der Waals surface area contributed by atoms with E-state index in [1.165, 1.54) is 17.3 Å². The smallest absolute Gasteiger partial charge is 0.277 e. The lowest BCUT2D eigenvalue weighted by Gasteiger charge is -1.95. The van der Waals surface area contributed by atoms with Gasteiger partial charge in [-0.15, -0.1) is 21.5 Å². The molecule has 0 amide bonds. The summed E-state index contributed by atoms with van der Waals surface area (Å²) in [5.41, 5.74) is 4.00. The van der Waals surface area contributed by atoms with E-state index in [0.717, 1.165) is 22.0 Å². The predicted octanol–water partition coefficient (Wildman–Crippen LogP) is 4.86. The number of benzene rings is 1. The van der Waals surface area contributed by atoms with Crippen molar-refractivity contribution in [1.29, 1.82) is 0 Å². The van der Waals surface area contributed by atoms with Crippen LogP contribution in [-0.2, 0) is 5.75 Å². The van der Waals surface area contributed by atoms with E-state index < -0.39 is 0 Å². The van der Waals surface area contributed by atoms with E-state index >= 15 is 0 Å². The van der Waals surface area contributed by atoms with Crippen LogP contribution in [0.15, 0.2) is 63.7 Å². The van der Waals surface area contributed by atoms with Gasteiger partial charge in [0, 0.05) is 22.9 Å². The molecular formula is C18H14N4OS2. The number of nitrogens with zero attached hydrogens (tertiary/aromatic N) is 4. The standard InChI is InChI=1S/C18H14N4OS2/c1-12-5-7-13(8-6-12)16-21-22-18(23-16)25-11-14-10-24-17(20-14)15-4-2-3-9-19-15/h2-10H,11H2,1H3. The second kappa shape index (κ2) is 7.16. The first-order valence-electron chi connectivity index (χ1n) is 7.67. The highest BCUT2D eigenvalue weighted by Crippen LogP contribution is 2.28. The maximum absolute atomic E-state index is 5.73. The third-order valence-corrected chi connectivity index (χ3v) is 5.25. The summed E-state index contributed by atoms with van der Waals surface area (Å²) in [5, 5.41) is 11.7. The summed E-state index contributed by atoms with van der Waals surface area (Å²) in [6.45, 7) is 2.05. The molecular weight excluding hydrogens is 352 g/mol. The van der Waals surface area contributed by atoms with Crippen molar-refractivity contribution in [2.45, 2.75) is 17.9 Å². The van der Waals surface area contributed by atoms with Crippen molar-refractivity contribution in [3.8, 4) is 22.2 Å². The number of rotatable bonds is 5. The third-order valence-electron chi connectivity index (χ3n) is 3.48. The van der Waals surface area contributed by atoms with Gasteiger partial charge in [-0.25, -0.2) is 4.98 Å². The number of thioether (sulfide) groups is 1. The molecule has 0 aliphatic heterocycles. The number of hydrogen-bond donors (Lipinski definition) is 0. The van der Waals surface area contributed by atoms with Crippen molar-refractivity contribution in [1.82, 2.24) is 20.2 Å². The van der Waals surface area contributed by atoms with Crippen LogP contribution in [0.4, 0.5) is 0 Å². The van der Waals surface area contributed by atoms with E-state index in [2.05, 4.69) is 20.2 Å². The summed E-state index contributed by atoms with van der Waals surface area (Å²) in [7, 11) is 0. The maximum atomic E-state index is 5.73. The van der Waals surface area contributed by atoms with Crippen LogP contribution >= 0.6 is 23.1 Å². The van der Waals surface area contributed by atoms with E-state index in [9.17, 15) is 0 Å². The summed E-state index contributed by atoms with van der Waals surface area (Å²) < 4.78 is 5.73. The molecule has 124 valence electrons. The number of aryl methyl sites for hydroxylation is 1. The Labute approximate surface area is 153 Å². The average molecular weight is 366 g/mol. The van der Waals surface area contributed by atoms with Gasteiger partial charge in [-0.05, 0) is 31.2 Å². The van der Waals surface area contributed by atoms with E-state index in [1.807, 2.05) is 54.8 Å². The van der Waals surface area contributed by atoms with E-state index in [1.54, 1.807) is 17.5 Å². The summed E-state index contributed by atoms with van der Waals surface area (Å²) in [4.78, 5) is 8.94. The molecule has 0 unspecified atom stereocenters. The average Bonchev–Trinajstić information content (AvgIpc) is 3.31. The Kier molecular flexibility index (Phi) is 4.58. The zero-order chi connectivity index (χ0) is 17.1. The lowest BCUT2D eigenvalue weighted by atomic mass is 10.1. The number of thiazole rings is 1. The second-order valence-corrected chi connectivity index (χ2v) is 7.17. The van der Waals surface area contributed by atoms with Gasteiger partial charge < -0.3 is 4.42 Å². The Morgan fingerprint density at radius 2 is 1.96 bits per heavy atom. The molecule has 4 rings (SSSR count). The minimum absolute atomic E-state index is 0.537. The molecule has 0 aliphatic carbocycles. The van der Waals surface area contributed by atoms with Crippen molar-refractivity contribution in [2.75, 3.05) is 0 Å². The second-order valence-electron chi connectivity index (χ2n) is 5.39. The van der Waals surface area contributed by atoms with Crippen LogP contribution in [0.5, 0.6) is 0 Å². The summed E-state index contributed by atoms with van der Waals surface area (Å²) in [6, 6.07) is 13.8. The molecule has 0 bridgehead atoms. The Bertz CT molecular complexity index is 964. The van der Waals surface area contributed by atoms with Gasteiger partial charge in [0.15, 0.2) is 0 Å². The van der Waals surface area contributed by atoms with Crippen LogP contribution in [0.1, 0.15) is 11.3 Å². The fourth-order valence-electron chi connectivity index (χ4n) is 2.20. The molecule has 0 N–H and O–H groups in total. The minimum atomic E-state index is 0.537. The highest BCUT2D eigenvalue weighted by molar-refractivity contribution is 7.98. The monoisotopic (exact) mass is 366 g/mol. The molecule has 4 aromatic rings. The molecule has 25 heavy (non-hydrogen) atoms. The van der Waals surface area contributed by atoms with Crippen LogP contribution in [0.3, 0.4) is 0 Å². The fourth-order valence-corrected chi connectivity index (χ4v) is 3.75. The Morgan fingerprint density at radius 3 is 2.76 bits per heavy atom. The molecule has 0 aliphatic rings. The van der Waals surface area contributed by atoms with Gasteiger partial charge in [0.2, 0.25) is 5.89 Å². The molecule has 0 saturated carbocycles. The van der Waals surface area contributed by atoms with Gasteiger partial charge >= 0.3 is 0 Å². The quantitative estimate of drug-likeness (QED) is 0.470. The molecule has 3 heterocycles. The van der Waals surface area contributed by atoms with Crippen molar-refractivity contribution in [2.24, 2.45) is 0 Å². The van der Waals surface area contributed by atoms with E-state index in [0.29, 0.717) is 16.9 Å². The lowest BCUT2D eigenvalue weighted by molar-refractivity contribution is 0.466. The van der Waals surface area contributed by atoms with Crippen LogP contribution in [0.25, 0.3) is 22.2 Å². The summed E-state index contributed by atoms with van der Waals surface area (Å²) >= 11 is 3.07. The molecule has 5 nitrogen and oxygen atoms in total. The first-order chi connectivity index (χ1) is 12.3. The lowest BCUT2D eigenvalue weighted by Crippen LogP contribution is -1.84. The molecule has 1 aromatic carbocycles. The first-order valence-corrected chi connectivity index (χ1v) is 9.53. The highest BCUT2D eigenvalue weighted by Gasteiger charge is 2.11. The minimum Gasteiger partial charge on any atom is -0.411 e. The van der Waals surface area contributed by atoms with Crippen molar-refractivity contribution < 1.29 is 4.42 Å². The molecule has 0 radical (unpaired) electrons. The molecule has 0 fully saturated rings. The molecule has 3 aromatic heterocycles. The zero-order valence-corrected chi connectivity index (χ0v) is 15.0. The number of hydrogen-bond acceptors (Lipinski definition) is 7. The largest absolute Gasteiger partial charge is 0.411 e. The van der Waals surface area contributed by atoms with Gasteiger partial charge in [0.25, 0.3) is 5.22 Å². The Hall–Kier alpha value is -2.51. The summed E-state index contributed by atoms with van der Waals surface area (Å²) in [6.07, 6.45) is 1.77. The van der Waals surface area contributed by atoms with Crippen molar-refractivity contribution >= 4 is 23.1 Å². The van der Waals surface area contributed by atoms with Crippen molar-refractivity contribution in [3.63, 3.8) is 0 Å². The first kappa shape index (κ1) is 16.0. The normalized spacial score (nSPS) is 10.9. The maximum Gasteiger partial charge on any atom is 0.277 e. The van der Waals surface area contributed by atoms with Gasteiger partial charge in [0.05, 0.1) is 11.4 Å². The Morgan fingerprint density at radius 1 is 1.08 bits per heavy atom. The number of aromatic nitrogens is 4. The van der Waals surface area contributed by atoms with Crippen molar-refractivity contribution in [3.05, 3.63) is 65.3 Å². The topological polar surface area (TPSA) is 64.7 Å². The van der Waals surface area contributed by atoms with Crippen LogP contribution < -0.4 is 0 Å². The van der Waals surface area contributed by atoms with E-state index in [-0.39, 0.29) is 0 Å². The van der Waals surface area contributed by atoms with Crippen LogP contribution in [-0.4, -0.2) is 20.2 Å². The van der Waals surface area contributed by atoms with Gasteiger partial charge in [0.1, 0.15) is 5.01 Å². The molecule has 0 spiro atoms. The molecule has 0 atom stereocenters. The predicted molar refractivity (Wildman–Crippen MR) is 99.4 cm³/mol. The SMILES string of the molecule is Cc1ccc(-c2nnc(SCc3csc(-c4ccccn4)n3)o2)cc1. The van der Waals surface area contributed by atoms with Gasteiger partial charge in [-0.1, -0.05) is 35.5 Å². The van der Waals surface area contributed by atoms with E-state index in [4.69, 9.17) is 4.42 Å². The number of pyridine rings is 1. The zero-order valence-electron chi connectivity index (χ0n) is 13.4. The molecule has 0 saturated heterocycles. The van der Waals surface area contributed by atoms with Crippen LogP contribution in [0, 0.1) is 6.92 Å².